The molecular formula is C23H30N2O. The summed E-state index contributed by atoms with van der Waals surface area (Å²) < 4.78 is 5.97. The highest BCUT2D eigenvalue weighted by molar-refractivity contribution is 5.84. The van der Waals surface area contributed by atoms with E-state index in [0.717, 1.165) is 17.0 Å². The first-order chi connectivity index (χ1) is 12.3. The molecule has 3 rings (SSSR count). The van der Waals surface area contributed by atoms with Gasteiger partial charge in [0.15, 0.2) is 5.76 Å². The summed E-state index contributed by atoms with van der Waals surface area (Å²) in [6, 6.07) is 8.73. The molecule has 3 heteroatoms. The molecule has 0 saturated heterocycles. The number of nitrogens with one attached hydrogen (secondary N) is 1. The minimum Gasteiger partial charge on any atom is -0.462 e. The Morgan fingerprint density at radius 1 is 0.885 bits per heavy atom. The van der Waals surface area contributed by atoms with Crippen LogP contribution < -0.4 is 0 Å². The van der Waals surface area contributed by atoms with Crippen LogP contribution in [0.25, 0.3) is 22.6 Å². The van der Waals surface area contributed by atoms with E-state index in [1.54, 1.807) is 6.26 Å². The molecule has 1 aromatic carbocycles. The van der Waals surface area contributed by atoms with Gasteiger partial charge in [0.2, 0.25) is 0 Å². The van der Waals surface area contributed by atoms with Crippen LogP contribution in [0.4, 0.5) is 0 Å². The van der Waals surface area contributed by atoms with Gasteiger partial charge in [0, 0.05) is 16.8 Å². The van der Waals surface area contributed by atoms with Crippen molar-refractivity contribution < 1.29 is 4.42 Å². The third kappa shape index (κ3) is 3.11. The Kier molecular flexibility index (Phi) is 5.08. The first-order valence-electron chi connectivity index (χ1n) is 9.58. The molecule has 0 unspecified atom stereocenters. The third-order valence-electron chi connectivity index (χ3n) is 5.15. The van der Waals surface area contributed by atoms with Crippen molar-refractivity contribution in [2.24, 2.45) is 0 Å². The number of furan rings is 1. The molecule has 0 aliphatic heterocycles. The lowest BCUT2D eigenvalue weighted by atomic mass is 9.84. The summed E-state index contributed by atoms with van der Waals surface area (Å²) in [6.07, 6.45) is 1.79. The van der Waals surface area contributed by atoms with Crippen LogP contribution in [0, 0.1) is 6.92 Å². The predicted octanol–water partition coefficient (Wildman–Crippen LogP) is 7.02. The van der Waals surface area contributed by atoms with Crippen LogP contribution in [0.2, 0.25) is 0 Å². The summed E-state index contributed by atoms with van der Waals surface area (Å²) in [5.74, 6) is 2.15. The number of aromatic amines is 1. The molecule has 1 N–H and O–H groups in total. The van der Waals surface area contributed by atoms with Crippen LogP contribution in [0.15, 0.2) is 34.9 Å². The van der Waals surface area contributed by atoms with Gasteiger partial charge in [-0.3, -0.25) is 5.10 Å². The number of aromatic nitrogens is 2. The Morgan fingerprint density at radius 2 is 1.50 bits per heavy atom. The highest BCUT2D eigenvalue weighted by Gasteiger charge is 2.23. The predicted molar refractivity (Wildman–Crippen MR) is 109 cm³/mol. The van der Waals surface area contributed by atoms with Crippen molar-refractivity contribution >= 4 is 0 Å². The van der Waals surface area contributed by atoms with E-state index in [-0.39, 0.29) is 0 Å². The Balaban J connectivity index is 2.25. The Hall–Kier alpha value is -2.29. The number of H-pyrrole nitrogens is 1. The SMILES string of the molecule is Cc1c(-c2occc2-c2c(C(C)C)cccc2C(C)C)n[nH]c1C(C)C. The van der Waals surface area contributed by atoms with Gasteiger partial charge in [0.25, 0.3) is 0 Å². The zero-order valence-corrected chi connectivity index (χ0v) is 17.0. The van der Waals surface area contributed by atoms with Gasteiger partial charge in [0.1, 0.15) is 5.69 Å². The minimum atomic E-state index is 0.406. The molecule has 2 aromatic heterocycles. The van der Waals surface area contributed by atoms with E-state index < -0.39 is 0 Å². The van der Waals surface area contributed by atoms with Gasteiger partial charge in [0.05, 0.1) is 6.26 Å². The van der Waals surface area contributed by atoms with Crippen LogP contribution in [-0.2, 0) is 0 Å². The van der Waals surface area contributed by atoms with Gasteiger partial charge < -0.3 is 4.42 Å². The van der Waals surface area contributed by atoms with Crippen molar-refractivity contribution in [2.75, 3.05) is 0 Å². The van der Waals surface area contributed by atoms with Crippen molar-refractivity contribution in [2.45, 2.75) is 66.2 Å². The third-order valence-corrected chi connectivity index (χ3v) is 5.15. The second-order valence-corrected chi connectivity index (χ2v) is 8.05. The maximum atomic E-state index is 5.97. The maximum Gasteiger partial charge on any atom is 0.162 e. The summed E-state index contributed by atoms with van der Waals surface area (Å²) in [4.78, 5) is 0. The Morgan fingerprint density at radius 3 is 2.00 bits per heavy atom. The Labute approximate surface area is 156 Å². The molecule has 3 nitrogen and oxygen atoms in total. The molecule has 0 bridgehead atoms. The molecule has 0 amide bonds. The Bertz CT molecular complexity index is 871. The molecule has 0 radical (unpaired) electrons. The quantitative estimate of drug-likeness (QED) is 0.537. The lowest BCUT2D eigenvalue weighted by Crippen LogP contribution is -2.00. The van der Waals surface area contributed by atoms with Crippen LogP contribution in [-0.4, -0.2) is 10.2 Å². The molecule has 0 atom stereocenters. The molecule has 0 aliphatic rings. The second-order valence-electron chi connectivity index (χ2n) is 8.05. The number of hydrogen-bond acceptors (Lipinski definition) is 2. The largest absolute Gasteiger partial charge is 0.462 e. The lowest BCUT2D eigenvalue weighted by Gasteiger charge is -2.19. The zero-order valence-electron chi connectivity index (χ0n) is 17.0. The summed E-state index contributed by atoms with van der Waals surface area (Å²) >= 11 is 0. The molecule has 0 fully saturated rings. The van der Waals surface area contributed by atoms with E-state index in [4.69, 9.17) is 4.42 Å². The molecule has 2 heterocycles. The monoisotopic (exact) mass is 350 g/mol. The molecule has 138 valence electrons. The van der Waals surface area contributed by atoms with Crippen LogP contribution >= 0.6 is 0 Å². The first-order valence-corrected chi connectivity index (χ1v) is 9.58. The van der Waals surface area contributed by atoms with E-state index in [0.29, 0.717) is 17.8 Å². The van der Waals surface area contributed by atoms with E-state index in [1.165, 1.54) is 27.9 Å². The van der Waals surface area contributed by atoms with Gasteiger partial charge in [-0.05, 0) is 47.4 Å². The van der Waals surface area contributed by atoms with E-state index in [2.05, 4.69) is 82.9 Å². The normalized spacial score (nSPS) is 11.9. The van der Waals surface area contributed by atoms with Gasteiger partial charge >= 0.3 is 0 Å². The second kappa shape index (κ2) is 7.14. The summed E-state index contributed by atoms with van der Waals surface area (Å²) in [7, 11) is 0. The number of hydrogen-bond donors (Lipinski definition) is 1. The van der Waals surface area contributed by atoms with E-state index in [1.807, 2.05) is 0 Å². The summed E-state index contributed by atoms with van der Waals surface area (Å²) in [6.45, 7) is 15.5. The topological polar surface area (TPSA) is 41.8 Å². The molecule has 3 aromatic rings. The van der Waals surface area contributed by atoms with Crippen molar-refractivity contribution in [1.82, 2.24) is 10.2 Å². The average Bonchev–Trinajstić information content (AvgIpc) is 3.19. The number of nitrogens with zero attached hydrogens (tertiary/aromatic N) is 1. The molecule has 0 aliphatic carbocycles. The molecule has 26 heavy (non-hydrogen) atoms. The van der Waals surface area contributed by atoms with Crippen LogP contribution in [0.1, 0.15) is 81.7 Å². The van der Waals surface area contributed by atoms with Crippen LogP contribution in [0.3, 0.4) is 0 Å². The molecule has 0 spiro atoms. The zero-order chi connectivity index (χ0) is 19.0. The maximum absolute atomic E-state index is 5.97. The summed E-state index contributed by atoms with van der Waals surface area (Å²) in [5.41, 5.74) is 8.42. The van der Waals surface area contributed by atoms with Gasteiger partial charge in [-0.15, -0.1) is 0 Å². The van der Waals surface area contributed by atoms with Gasteiger partial charge in [-0.25, -0.2) is 0 Å². The smallest absolute Gasteiger partial charge is 0.162 e. The fourth-order valence-corrected chi connectivity index (χ4v) is 3.75. The van der Waals surface area contributed by atoms with E-state index >= 15 is 0 Å². The standard InChI is InChI=1S/C23H30N2O/c1-13(2)17-9-8-10-18(14(3)4)20(17)19-11-12-26-23(19)22-16(7)21(15(5)6)24-25-22/h8-15H,1-7H3,(H,24,25). The highest BCUT2D eigenvalue weighted by atomic mass is 16.3. The molecule has 0 saturated carbocycles. The van der Waals surface area contributed by atoms with E-state index in [9.17, 15) is 0 Å². The van der Waals surface area contributed by atoms with Crippen molar-refractivity contribution in [3.05, 3.63) is 52.9 Å². The lowest BCUT2D eigenvalue weighted by molar-refractivity contribution is 0.580. The molecular weight excluding hydrogens is 320 g/mol. The summed E-state index contributed by atoms with van der Waals surface area (Å²) in [5, 5.41) is 7.80. The van der Waals surface area contributed by atoms with Gasteiger partial charge in [-0.1, -0.05) is 59.7 Å². The fourth-order valence-electron chi connectivity index (χ4n) is 3.75. The fraction of sp³-hybridized carbons (Fsp3) is 0.435. The van der Waals surface area contributed by atoms with Crippen LogP contribution in [0.5, 0.6) is 0 Å². The first kappa shape index (κ1) is 18.5. The van der Waals surface area contributed by atoms with Crippen molar-refractivity contribution in [1.29, 1.82) is 0 Å². The average molecular weight is 351 g/mol. The highest BCUT2D eigenvalue weighted by Crippen LogP contribution is 2.42. The minimum absolute atomic E-state index is 0.406. The van der Waals surface area contributed by atoms with Gasteiger partial charge in [-0.2, -0.15) is 5.10 Å². The number of rotatable bonds is 5. The van der Waals surface area contributed by atoms with Crippen molar-refractivity contribution in [3.8, 4) is 22.6 Å². The number of benzene rings is 1. The van der Waals surface area contributed by atoms with Crippen molar-refractivity contribution in [3.63, 3.8) is 0 Å².